The van der Waals surface area contributed by atoms with Crippen molar-refractivity contribution >= 4 is 28.8 Å². The van der Waals surface area contributed by atoms with E-state index in [1.807, 2.05) is 63.2 Å². The van der Waals surface area contributed by atoms with E-state index in [-0.39, 0.29) is 28.5 Å². The molecule has 1 atom stereocenters. The molecule has 0 radical (unpaired) electrons. The van der Waals surface area contributed by atoms with E-state index in [0.717, 1.165) is 11.1 Å². The number of benzene rings is 3. The van der Waals surface area contributed by atoms with Gasteiger partial charge in [-0.2, -0.15) is 0 Å². The summed E-state index contributed by atoms with van der Waals surface area (Å²) in [5.74, 6) is -0.692. The Morgan fingerprint density at radius 3 is 2.24 bits per heavy atom. The smallest absolute Gasteiger partial charge is 0.269 e. The molecule has 1 heterocycles. The van der Waals surface area contributed by atoms with Crippen molar-refractivity contribution in [2.45, 2.75) is 39.5 Å². The molecule has 2 N–H and O–H groups in total. The van der Waals surface area contributed by atoms with E-state index >= 15 is 0 Å². The van der Waals surface area contributed by atoms with Crippen LogP contribution in [-0.4, -0.2) is 21.6 Å². The fourth-order valence-corrected chi connectivity index (χ4v) is 5.47. The van der Waals surface area contributed by atoms with Gasteiger partial charge in [-0.25, -0.2) is 0 Å². The van der Waals surface area contributed by atoms with Crippen molar-refractivity contribution in [3.8, 4) is 0 Å². The Hall–Kier alpha value is -4.52. The highest BCUT2D eigenvalue weighted by Gasteiger charge is 2.46. The van der Waals surface area contributed by atoms with Crippen LogP contribution >= 0.6 is 0 Å². The molecule has 0 amide bonds. The summed E-state index contributed by atoms with van der Waals surface area (Å²) in [6.45, 7) is 6.04. The summed E-state index contributed by atoms with van der Waals surface area (Å²) in [7, 11) is 0. The zero-order chi connectivity index (χ0) is 27.2. The first-order chi connectivity index (χ1) is 18.1. The van der Waals surface area contributed by atoms with Gasteiger partial charge >= 0.3 is 0 Å². The largest absolute Gasteiger partial charge is 0.507 e. The normalized spacial score (nSPS) is 20.3. The number of anilines is 1. The third-order valence-corrected chi connectivity index (χ3v) is 7.25. The van der Waals surface area contributed by atoms with Gasteiger partial charge in [0.2, 0.25) is 0 Å². The Labute approximate surface area is 221 Å². The third kappa shape index (κ3) is 4.41. The van der Waals surface area contributed by atoms with Crippen molar-refractivity contribution in [1.29, 1.82) is 5.41 Å². The van der Waals surface area contributed by atoms with E-state index in [4.69, 9.17) is 0 Å². The number of Topliss-reactive ketones (excluding diaryl/α,β-unsaturated/α-hetero) is 1. The Balaban J connectivity index is 1.83. The standard InChI is InChI=1S/C31H29N3O4/c1-19-9-11-20(12-10-19)26-27-24(17-31(2,3)18-25(27)35)33(22-13-15-23(16-14-22)34(37)38)30(32)28(26)29(36)21-7-5-4-6-8-21/h4-16,26,32,36H,17-18H2,1-3H3/b29-28+,32-30?/t26-/m1/s1. The molecule has 3 aromatic rings. The molecule has 1 aliphatic carbocycles. The van der Waals surface area contributed by atoms with Crippen molar-refractivity contribution in [3.63, 3.8) is 0 Å². The van der Waals surface area contributed by atoms with Gasteiger partial charge < -0.3 is 5.11 Å². The number of nitrogens with zero attached hydrogens (tertiary/aromatic N) is 2. The van der Waals surface area contributed by atoms with E-state index in [2.05, 4.69) is 0 Å². The molecule has 0 fully saturated rings. The maximum absolute atomic E-state index is 13.9. The van der Waals surface area contributed by atoms with Crippen LogP contribution in [0.5, 0.6) is 0 Å². The summed E-state index contributed by atoms with van der Waals surface area (Å²) in [4.78, 5) is 26.4. The van der Waals surface area contributed by atoms with Crippen molar-refractivity contribution in [2.75, 3.05) is 4.90 Å². The molecule has 0 spiro atoms. The molecule has 38 heavy (non-hydrogen) atoms. The van der Waals surface area contributed by atoms with Crippen LogP contribution < -0.4 is 4.90 Å². The van der Waals surface area contributed by atoms with Crippen molar-refractivity contribution in [2.24, 2.45) is 5.41 Å². The predicted octanol–water partition coefficient (Wildman–Crippen LogP) is 7.10. The molecule has 0 aromatic heterocycles. The molecular formula is C31H29N3O4. The predicted molar refractivity (Wildman–Crippen MR) is 148 cm³/mol. The number of hydrogen-bond acceptors (Lipinski definition) is 5. The Bertz CT molecular complexity index is 1500. The maximum Gasteiger partial charge on any atom is 0.269 e. The summed E-state index contributed by atoms with van der Waals surface area (Å²) in [5.41, 5.74) is 4.13. The molecule has 1 aliphatic heterocycles. The summed E-state index contributed by atoms with van der Waals surface area (Å²) in [5, 5.41) is 32.4. The minimum atomic E-state index is -0.629. The molecule has 192 valence electrons. The number of carbonyl (C=O) groups is 1. The van der Waals surface area contributed by atoms with Crippen LogP contribution in [0.15, 0.2) is 95.7 Å². The minimum absolute atomic E-state index is 0.0281. The number of amidine groups is 1. The van der Waals surface area contributed by atoms with Crippen LogP contribution in [0.3, 0.4) is 0 Å². The topological polar surface area (TPSA) is 108 Å². The number of nitro benzene ring substituents is 1. The number of aliphatic hydroxyl groups excluding tert-OH is 1. The van der Waals surface area contributed by atoms with Crippen LogP contribution in [0.1, 0.15) is 49.3 Å². The van der Waals surface area contributed by atoms with Crippen molar-refractivity contribution in [1.82, 2.24) is 0 Å². The zero-order valence-corrected chi connectivity index (χ0v) is 21.6. The monoisotopic (exact) mass is 507 g/mol. The number of nitrogens with one attached hydrogen (secondary N) is 1. The van der Waals surface area contributed by atoms with Gasteiger partial charge in [-0.1, -0.05) is 74.0 Å². The lowest BCUT2D eigenvalue weighted by molar-refractivity contribution is -0.384. The SMILES string of the molecule is Cc1ccc([C@@H]2C3=C(CC(C)(C)CC3=O)N(c3ccc([N+](=O)[O-])cc3)C(=N)/C2=C(/O)c2ccccc2)cc1. The summed E-state index contributed by atoms with van der Waals surface area (Å²) >= 11 is 0. The summed E-state index contributed by atoms with van der Waals surface area (Å²) < 4.78 is 0. The molecule has 0 bridgehead atoms. The van der Waals surface area contributed by atoms with Crippen LogP contribution in [0.2, 0.25) is 0 Å². The third-order valence-electron chi connectivity index (χ3n) is 7.25. The number of aryl methyl sites for hydroxylation is 1. The fourth-order valence-electron chi connectivity index (χ4n) is 5.47. The lowest BCUT2D eigenvalue weighted by atomic mass is 9.67. The second kappa shape index (κ2) is 9.41. The fraction of sp³-hybridized carbons (Fsp3) is 0.226. The van der Waals surface area contributed by atoms with Crippen LogP contribution in [-0.2, 0) is 4.79 Å². The average molecular weight is 508 g/mol. The van der Waals surface area contributed by atoms with Gasteiger partial charge in [-0.05, 0) is 36.5 Å². The number of nitro groups is 1. The van der Waals surface area contributed by atoms with E-state index in [1.54, 1.807) is 29.2 Å². The van der Waals surface area contributed by atoms with Gasteiger partial charge in [0.15, 0.2) is 5.78 Å². The highest BCUT2D eigenvalue weighted by molar-refractivity contribution is 6.19. The quantitative estimate of drug-likeness (QED) is 0.223. The van der Waals surface area contributed by atoms with Gasteiger partial charge in [0, 0.05) is 52.6 Å². The first kappa shape index (κ1) is 25.1. The Morgan fingerprint density at radius 1 is 1.00 bits per heavy atom. The lowest BCUT2D eigenvalue weighted by Crippen LogP contribution is -2.45. The number of non-ortho nitro benzene ring substituents is 1. The summed E-state index contributed by atoms with van der Waals surface area (Å²) in [6, 6.07) is 22.8. The lowest BCUT2D eigenvalue weighted by Gasteiger charge is -2.45. The van der Waals surface area contributed by atoms with E-state index in [1.165, 1.54) is 12.1 Å². The van der Waals surface area contributed by atoms with E-state index in [0.29, 0.717) is 40.9 Å². The van der Waals surface area contributed by atoms with Crippen molar-refractivity contribution in [3.05, 3.63) is 123 Å². The van der Waals surface area contributed by atoms with Gasteiger partial charge in [0.25, 0.3) is 5.69 Å². The van der Waals surface area contributed by atoms with Gasteiger partial charge in [-0.15, -0.1) is 0 Å². The highest BCUT2D eigenvalue weighted by Crippen LogP contribution is 2.51. The van der Waals surface area contributed by atoms with Crippen LogP contribution in [0.25, 0.3) is 5.76 Å². The molecule has 0 saturated carbocycles. The molecule has 0 unspecified atom stereocenters. The van der Waals surface area contributed by atoms with Gasteiger partial charge in [-0.3, -0.25) is 25.2 Å². The summed E-state index contributed by atoms with van der Waals surface area (Å²) in [6.07, 6.45) is 0.879. The first-order valence-corrected chi connectivity index (χ1v) is 12.5. The van der Waals surface area contributed by atoms with Crippen LogP contribution in [0.4, 0.5) is 11.4 Å². The Morgan fingerprint density at radius 2 is 1.63 bits per heavy atom. The molecular weight excluding hydrogens is 478 g/mol. The second-order valence-corrected chi connectivity index (χ2v) is 10.7. The minimum Gasteiger partial charge on any atom is -0.507 e. The molecule has 0 saturated heterocycles. The number of ketones is 1. The van der Waals surface area contributed by atoms with Gasteiger partial charge in [0.05, 0.1) is 4.92 Å². The number of carbonyl (C=O) groups excluding carboxylic acids is 1. The van der Waals surface area contributed by atoms with Gasteiger partial charge in [0.1, 0.15) is 11.6 Å². The maximum atomic E-state index is 13.9. The van der Waals surface area contributed by atoms with E-state index < -0.39 is 10.8 Å². The average Bonchev–Trinajstić information content (AvgIpc) is 2.88. The second-order valence-electron chi connectivity index (χ2n) is 10.7. The number of rotatable bonds is 4. The molecule has 3 aromatic carbocycles. The number of aliphatic hydroxyl groups is 1. The molecule has 5 rings (SSSR count). The molecule has 7 heteroatoms. The number of allylic oxidation sites excluding steroid dienone is 2. The first-order valence-electron chi connectivity index (χ1n) is 12.5. The van der Waals surface area contributed by atoms with Crippen molar-refractivity contribution < 1.29 is 14.8 Å². The zero-order valence-electron chi connectivity index (χ0n) is 21.6. The van der Waals surface area contributed by atoms with Crippen LogP contribution in [0, 0.1) is 27.9 Å². The molecule has 7 nitrogen and oxygen atoms in total. The number of hydrogen-bond donors (Lipinski definition) is 2. The Kier molecular flexibility index (Phi) is 6.23. The van der Waals surface area contributed by atoms with E-state index in [9.17, 15) is 25.4 Å². The highest BCUT2D eigenvalue weighted by atomic mass is 16.6. The molecule has 2 aliphatic rings.